The number of hydrogen-bond acceptors (Lipinski definition) is 4. The maximum absolute atomic E-state index is 11.5. The molecule has 112 valence electrons. The largest absolute Gasteiger partial charge is 0.459 e. The van der Waals surface area contributed by atoms with E-state index in [0.29, 0.717) is 32.8 Å². The van der Waals surface area contributed by atoms with Gasteiger partial charge in [0, 0.05) is 32.8 Å². The average Bonchev–Trinajstić information content (AvgIpc) is 2.97. The van der Waals surface area contributed by atoms with E-state index in [-0.39, 0.29) is 17.7 Å². The summed E-state index contributed by atoms with van der Waals surface area (Å²) in [6.45, 7) is 4.49. The fourth-order valence-electron chi connectivity index (χ4n) is 1.43. The topological polar surface area (TPSA) is 92.6 Å². The SMILES string of the molecule is CCOCCCNC(=O)NCCNC(=O)c1ccco1. The van der Waals surface area contributed by atoms with E-state index in [1.807, 2.05) is 6.92 Å². The number of hydrogen-bond donors (Lipinski definition) is 3. The molecule has 0 radical (unpaired) electrons. The molecule has 0 bridgehead atoms. The number of amides is 3. The van der Waals surface area contributed by atoms with Gasteiger partial charge in [-0.1, -0.05) is 0 Å². The van der Waals surface area contributed by atoms with Crippen LogP contribution in [0.5, 0.6) is 0 Å². The third-order valence-electron chi connectivity index (χ3n) is 2.40. The van der Waals surface area contributed by atoms with Crippen molar-refractivity contribution in [1.82, 2.24) is 16.0 Å². The summed E-state index contributed by atoms with van der Waals surface area (Å²) in [7, 11) is 0. The van der Waals surface area contributed by atoms with E-state index in [0.717, 1.165) is 6.42 Å². The first-order valence-corrected chi connectivity index (χ1v) is 6.65. The van der Waals surface area contributed by atoms with Gasteiger partial charge in [-0.15, -0.1) is 0 Å². The fraction of sp³-hybridized carbons (Fsp3) is 0.538. The predicted octanol–water partition coefficient (Wildman–Crippen LogP) is 0.735. The zero-order valence-corrected chi connectivity index (χ0v) is 11.6. The summed E-state index contributed by atoms with van der Waals surface area (Å²) in [5, 5.41) is 7.96. The summed E-state index contributed by atoms with van der Waals surface area (Å²) >= 11 is 0. The molecule has 7 nitrogen and oxygen atoms in total. The van der Waals surface area contributed by atoms with E-state index in [9.17, 15) is 9.59 Å². The molecule has 0 aromatic carbocycles. The number of nitrogens with one attached hydrogen (secondary N) is 3. The summed E-state index contributed by atoms with van der Waals surface area (Å²) in [5.74, 6) is -0.0423. The van der Waals surface area contributed by atoms with Crippen molar-refractivity contribution in [3.8, 4) is 0 Å². The van der Waals surface area contributed by atoms with Gasteiger partial charge in [0.2, 0.25) is 0 Å². The second-order valence-corrected chi connectivity index (χ2v) is 3.97. The average molecular weight is 283 g/mol. The van der Waals surface area contributed by atoms with Crippen LogP contribution >= 0.6 is 0 Å². The number of carbonyl (C=O) groups is 2. The van der Waals surface area contributed by atoms with Gasteiger partial charge in [-0.3, -0.25) is 4.79 Å². The number of rotatable bonds is 9. The first kappa shape index (κ1) is 16.0. The molecular weight excluding hydrogens is 262 g/mol. The van der Waals surface area contributed by atoms with E-state index in [1.54, 1.807) is 12.1 Å². The van der Waals surface area contributed by atoms with E-state index >= 15 is 0 Å². The maximum Gasteiger partial charge on any atom is 0.314 e. The molecular formula is C13H21N3O4. The molecule has 0 saturated heterocycles. The quantitative estimate of drug-likeness (QED) is 0.583. The molecule has 1 heterocycles. The van der Waals surface area contributed by atoms with E-state index < -0.39 is 0 Å². The second-order valence-electron chi connectivity index (χ2n) is 3.97. The van der Waals surface area contributed by atoms with Gasteiger partial charge in [0.05, 0.1) is 6.26 Å². The Balaban J connectivity index is 1.98. The third kappa shape index (κ3) is 6.79. The molecule has 0 spiro atoms. The fourth-order valence-corrected chi connectivity index (χ4v) is 1.43. The van der Waals surface area contributed by atoms with Crippen LogP contribution < -0.4 is 16.0 Å². The minimum Gasteiger partial charge on any atom is -0.459 e. The zero-order valence-electron chi connectivity index (χ0n) is 11.6. The van der Waals surface area contributed by atoms with Crippen molar-refractivity contribution in [3.63, 3.8) is 0 Å². The Kier molecular flexibility index (Phi) is 7.90. The van der Waals surface area contributed by atoms with Crippen molar-refractivity contribution in [1.29, 1.82) is 0 Å². The molecule has 20 heavy (non-hydrogen) atoms. The first-order chi connectivity index (χ1) is 9.74. The van der Waals surface area contributed by atoms with Gasteiger partial charge in [0.15, 0.2) is 5.76 Å². The molecule has 0 aliphatic rings. The van der Waals surface area contributed by atoms with Crippen molar-refractivity contribution in [3.05, 3.63) is 24.2 Å². The molecule has 0 saturated carbocycles. The van der Waals surface area contributed by atoms with Crippen molar-refractivity contribution < 1.29 is 18.7 Å². The minimum absolute atomic E-state index is 0.255. The van der Waals surface area contributed by atoms with Crippen molar-refractivity contribution in [2.75, 3.05) is 32.8 Å². The monoisotopic (exact) mass is 283 g/mol. The van der Waals surface area contributed by atoms with Gasteiger partial charge < -0.3 is 25.1 Å². The smallest absolute Gasteiger partial charge is 0.314 e. The van der Waals surface area contributed by atoms with Gasteiger partial charge in [-0.2, -0.15) is 0 Å². The van der Waals surface area contributed by atoms with Gasteiger partial charge in [0.25, 0.3) is 5.91 Å². The Morgan fingerprint density at radius 3 is 2.65 bits per heavy atom. The lowest BCUT2D eigenvalue weighted by atomic mass is 10.4. The summed E-state index contributed by atoms with van der Waals surface area (Å²) in [6, 6.07) is 2.96. The summed E-state index contributed by atoms with van der Waals surface area (Å²) < 4.78 is 10.1. The maximum atomic E-state index is 11.5. The van der Waals surface area contributed by atoms with Crippen molar-refractivity contribution in [2.24, 2.45) is 0 Å². The number of ether oxygens (including phenoxy) is 1. The molecule has 3 N–H and O–H groups in total. The molecule has 1 aromatic rings. The number of carbonyl (C=O) groups excluding carboxylic acids is 2. The van der Waals surface area contributed by atoms with E-state index in [1.165, 1.54) is 6.26 Å². The third-order valence-corrected chi connectivity index (χ3v) is 2.40. The summed E-state index contributed by atoms with van der Waals surface area (Å²) in [4.78, 5) is 22.8. The molecule has 0 atom stereocenters. The van der Waals surface area contributed by atoms with Gasteiger partial charge in [0.1, 0.15) is 0 Å². The lowest BCUT2D eigenvalue weighted by Gasteiger charge is -2.08. The second kappa shape index (κ2) is 9.85. The van der Waals surface area contributed by atoms with Gasteiger partial charge in [-0.05, 0) is 25.5 Å². The van der Waals surface area contributed by atoms with Crippen LogP contribution in [0.4, 0.5) is 4.79 Å². The van der Waals surface area contributed by atoms with E-state index in [2.05, 4.69) is 16.0 Å². The molecule has 1 rings (SSSR count). The van der Waals surface area contributed by atoms with E-state index in [4.69, 9.17) is 9.15 Å². The molecule has 0 aliphatic heterocycles. The Morgan fingerprint density at radius 1 is 1.20 bits per heavy atom. The van der Waals surface area contributed by atoms with Crippen molar-refractivity contribution >= 4 is 11.9 Å². The van der Waals surface area contributed by atoms with Gasteiger partial charge in [-0.25, -0.2) is 4.79 Å². The highest BCUT2D eigenvalue weighted by atomic mass is 16.5. The molecule has 3 amide bonds. The van der Waals surface area contributed by atoms with Crippen LogP contribution in [0.15, 0.2) is 22.8 Å². The summed E-state index contributed by atoms with van der Waals surface area (Å²) in [5.41, 5.74) is 0. The van der Waals surface area contributed by atoms with Gasteiger partial charge >= 0.3 is 6.03 Å². The minimum atomic E-state index is -0.297. The number of urea groups is 1. The van der Waals surface area contributed by atoms with Crippen LogP contribution in [0.25, 0.3) is 0 Å². The molecule has 1 aromatic heterocycles. The molecule has 0 fully saturated rings. The Bertz CT molecular complexity index is 392. The van der Waals surface area contributed by atoms with Crippen LogP contribution in [0, 0.1) is 0 Å². The molecule has 0 unspecified atom stereocenters. The summed E-state index contributed by atoms with van der Waals surface area (Å²) in [6.07, 6.45) is 2.21. The standard InChI is InChI=1S/C13H21N3O4/c1-2-19-9-4-6-15-13(18)16-8-7-14-12(17)11-5-3-10-20-11/h3,5,10H,2,4,6-9H2,1H3,(H,14,17)(H2,15,16,18). The predicted molar refractivity (Wildman–Crippen MR) is 73.6 cm³/mol. The molecule has 0 aliphatic carbocycles. The van der Waals surface area contributed by atoms with Crippen LogP contribution in [-0.4, -0.2) is 44.8 Å². The van der Waals surface area contributed by atoms with Crippen LogP contribution in [0.2, 0.25) is 0 Å². The highest BCUT2D eigenvalue weighted by Gasteiger charge is 2.06. The lowest BCUT2D eigenvalue weighted by Crippen LogP contribution is -2.40. The highest BCUT2D eigenvalue weighted by Crippen LogP contribution is 1.98. The van der Waals surface area contributed by atoms with Crippen molar-refractivity contribution in [2.45, 2.75) is 13.3 Å². The Labute approximate surface area is 118 Å². The van der Waals surface area contributed by atoms with Crippen LogP contribution in [0.3, 0.4) is 0 Å². The molecule has 7 heteroatoms. The normalized spacial score (nSPS) is 10.1. The Hall–Kier alpha value is -2.02. The Morgan fingerprint density at radius 2 is 1.95 bits per heavy atom. The highest BCUT2D eigenvalue weighted by molar-refractivity contribution is 5.91. The number of furan rings is 1. The van der Waals surface area contributed by atoms with Crippen LogP contribution in [0.1, 0.15) is 23.9 Å². The first-order valence-electron chi connectivity index (χ1n) is 6.65. The lowest BCUT2D eigenvalue weighted by molar-refractivity contribution is 0.0926. The van der Waals surface area contributed by atoms with Crippen LogP contribution in [-0.2, 0) is 4.74 Å². The zero-order chi connectivity index (χ0) is 14.6.